The molecule has 1 atom stereocenters. The number of urea groups is 1. The first-order chi connectivity index (χ1) is 7.61. The van der Waals surface area contributed by atoms with Gasteiger partial charge in [-0.2, -0.15) is 0 Å². The van der Waals surface area contributed by atoms with E-state index in [9.17, 15) is 9.59 Å². The first-order valence-corrected chi connectivity index (χ1v) is 5.89. The van der Waals surface area contributed by atoms with Crippen molar-refractivity contribution < 1.29 is 14.7 Å². The van der Waals surface area contributed by atoms with Crippen molar-refractivity contribution in [1.82, 2.24) is 10.2 Å². The molecule has 1 aliphatic heterocycles. The summed E-state index contributed by atoms with van der Waals surface area (Å²) in [4.78, 5) is 24.1. The van der Waals surface area contributed by atoms with E-state index in [0.29, 0.717) is 0 Å². The fourth-order valence-corrected chi connectivity index (χ4v) is 1.79. The molecule has 0 saturated carbocycles. The molecule has 5 heteroatoms. The van der Waals surface area contributed by atoms with Gasteiger partial charge in [0.1, 0.15) is 6.04 Å². The third kappa shape index (κ3) is 4.08. The van der Waals surface area contributed by atoms with Crippen molar-refractivity contribution in [2.45, 2.75) is 45.1 Å². The van der Waals surface area contributed by atoms with Crippen LogP contribution < -0.4 is 5.32 Å². The summed E-state index contributed by atoms with van der Waals surface area (Å²) < 4.78 is 0. The molecule has 0 aromatic heterocycles. The van der Waals surface area contributed by atoms with Gasteiger partial charge in [-0.1, -0.05) is 19.3 Å². The quantitative estimate of drug-likeness (QED) is 0.751. The van der Waals surface area contributed by atoms with Gasteiger partial charge in [-0.25, -0.2) is 4.79 Å². The third-order valence-corrected chi connectivity index (χ3v) is 2.85. The lowest BCUT2D eigenvalue weighted by Gasteiger charge is -2.25. The molecular formula is C11H20N2O3. The van der Waals surface area contributed by atoms with E-state index in [1.165, 1.54) is 13.3 Å². The van der Waals surface area contributed by atoms with Crippen LogP contribution in [0.4, 0.5) is 4.79 Å². The number of amides is 2. The van der Waals surface area contributed by atoms with Crippen LogP contribution in [0.5, 0.6) is 0 Å². The fraction of sp³-hybridized carbons (Fsp3) is 0.818. The van der Waals surface area contributed by atoms with Crippen molar-refractivity contribution in [2.24, 2.45) is 0 Å². The molecule has 2 N–H and O–H groups in total. The van der Waals surface area contributed by atoms with Crippen LogP contribution in [0.15, 0.2) is 0 Å². The van der Waals surface area contributed by atoms with Crippen LogP contribution in [-0.4, -0.2) is 41.1 Å². The Balaban J connectivity index is 2.41. The third-order valence-electron chi connectivity index (χ3n) is 2.85. The lowest BCUT2D eigenvalue weighted by molar-refractivity contribution is -0.138. The van der Waals surface area contributed by atoms with Crippen LogP contribution in [-0.2, 0) is 4.79 Å². The molecule has 1 unspecified atom stereocenters. The van der Waals surface area contributed by atoms with Crippen LogP contribution in [0.2, 0.25) is 0 Å². The first-order valence-electron chi connectivity index (χ1n) is 5.89. The van der Waals surface area contributed by atoms with Crippen LogP contribution >= 0.6 is 0 Å². The molecule has 5 nitrogen and oxygen atoms in total. The van der Waals surface area contributed by atoms with Crippen molar-refractivity contribution >= 4 is 12.0 Å². The second-order valence-corrected chi connectivity index (χ2v) is 4.26. The molecule has 1 rings (SSSR count). The van der Waals surface area contributed by atoms with Gasteiger partial charge in [0.2, 0.25) is 0 Å². The lowest BCUT2D eigenvalue weighted by atomic mass is 10.1. The summed E-state index contributed by atoms with van der Waals surface area (Å²) in [5, 5.41) is 11.2. The number of carbonyl (C=O) groups is 2. The van der Waals surface area contributed by atoms with Gasteiger partial charge in [0.15, 0.2) is 0 Å². The maximum absolute atomic E-state index is 11.7. The Labute approximate surface area is 95.8 Å². The van der Waals surface area contributed by atoms with Gasteiger partial charge in [-0.3, -0.25) is 4.79 Å². The van der Waals surface area contributed by atoms with Crippen molar-refractivity contribution in [3.8, 4) is 0 Å². The van der Waals surface area contributed by atoms with Crippen LogP contribution in [0.25, 0.3) is 0 Å². The highest BCUT2D eigenvalue weighted by Gasteiger charge is 2.19. The summed E-state index contributed by atoms with van der Waals surface area (Å²) in [7, 11) is 0. The second-order valence-electron chi connectivity index (χ2n) is 4.26. The number of rotatable bonds is 2. The van der Waals surface area contributed by atoms with Crippen LogP contribution in [0.3, 0.4) is 0 Å². The van der Waals surface area contributed by atoms with Gasteiger partial charge < -0.3 is 15.3 Å². The van der Waals surface area contributed by atoms with Crippen LogP contribution in [0, 0.1) is 0 Å². The summed E-state index contributed by atoms with van der Waals surface area (Å²) in [6, 6.07) is -1.07. The highest BCUT2D eigenvalue weighted by atomic mass is 16.4. The maximum Gasteiger partial charge on any atom is 0.325 e. The molecule has 1 fully saturated rings. The normalized spacial score (nSPS) is 19.4. The number of hydrogen-bond donors (Lipinski definition) is 2. The second kappa shape index (κ2) is 6.35. The predicted octanol–water partition coefficient (Wildman–Crippen LogP) is 1.44. The molecule has 1 saturated heterocycles. The highest BCUT2D eigenvalue weighted by molar-refractivity contribution is 5.82. The number of likely N-dealkylation sites (tertiary alicyclic amines) is 1. The number of carboxylic acid groups (broad SMARTS) is 1. The number of nitrogens with one attached hydrogen (secondary N) is 1. The average molecular weight is 228 g/mol. The number of carboxylic acids is 1. The highest BCUT2D eigenvalue weighted by Crippen LogP contribution is 2.10. The Morgan fingerprint density at radius 2 is 1.62 bits per heavy atom. The Morgan fingerprint density at radius 3 is 2.12 bits per heavy atom. The summed E-state index contributed by atoms with van der Waals surface area (Å²) >= 11 is 0. The predicted molar refractivity (Wildman–Crippen MR) is 60.3 cm³/mol. The molecule has 0 aliphatic carbocycles. The van der Waals surface area contributed by atoms with Crippen molar-refractivity contribution in [1.29, 1.82) is 0 Å². The standard InChI is InChI=1S/C11H20N2O3/c1-9(10(14)15)12-11(16)13-7-5-3-2-4-6-8-13/h9H,2-8H2,1H3,(H,12,16)(H,14,15). The maximum atomic E-state index is 11.7. The summed E-state index contributed by atoms with van der Waals surface area (Å²) in [5.41, 5.74) is 0. The zero-order chi connectivity index (χ0) is 12.0. The van der Waals surface area contributed by atoms with E-state index >= 15 is 0 Å². The molecule has 92 valence electrons. The number of nitrogens with zero attached hydrogens (tertiary/aromatic N) is 1. The van der Waals surface area contributed by atoms with Gasteiger partial charge in [0.05, 0.1) is 0 Å². The van der Waals surface area contributed by atoms with E-state index in [1.807, 2.05) is 0 Å². The van der Waals surface area contributed by atoms with Gasteiger partial charge in [0, 0.05) is 13.1 Å². The van der Waals surface area contributed by atoms with E-state index in [1.54, 1.807) is 4.90 Å². The Kier molecular flexibility index (Phi) is 5.08. The molecule has 2 amide bonds. The average Bonchev–Trinajstić information content (AvgIpc) is 2.16. The van der Waals surface area contributed by atoms with Gasteiger partial charge in [0.25, 0.3) is 0 Å². The number of carbonyl (C=O) groups excluding carboxylic acids is 1. The SMILES string of the molecule is CC(NC(=O)N1CCCCCCC1)C(=O)O. The zero-order valence-corrected chi connectivity index (χ0v) is 9.74. The monoisotopic (exact) mass is 228 g/mol. The zero-order valence-electron chi connectivity index (χ0n) is 9.74. The number of hydrogen-bond acceptors (Lipinski definition) is 2. The van der Waals surface area contributed by atoms with Gasteiger partial charge in [-0.15, -0.1) is 0 Å². The molecule has 0 spiro atoms. The first kappa shape index (κ1) is 12.8. The fourth-order valence-electron chi connectivity index (χ4n) is 1.79. The molecular weight excluding hydrogens is 208 g/mol. The summed E-state index contributed by atoms with van der Waals surface area (Å²) in [6.07, 6.45) is 5.56. The minimum Gasteiger partial charge on any atom is -0.480 e. The molecule has 1 aliphatic rings. The molecule has 0 aromatic carbocycles. The summed E-state index contributed by atoms with van der Waals surface area (Å²) in [5.74, 6) is -1.000. The molecule has 0 bridgehead atoms. The van der Waals surface area contributed by atoms with E-state index in [4.69, 9.17) is 5.11 Å². The lowest BCUT2D eigenvalue weighted by Crippen LogP contribution is -2.47. The van der Waals surface area contributed by atoms with E-state index in [2.05, 4.69) is 5.32 Å². The van der Waals surface area contributed by atoms with Crippen molar-refractivity contribution in [2.75, 3.05) is 13.1 Å². The molecule has 0 radical (unpaired) electrons. The topological polar surface area (TPSA) is 69.6 Å². The van der Waals surface area contributed by atoms with E-state index < -0.39 is 12.0 Å². The van der Waals surface area contributed by atoms with E-state index in [0.717, 1.165) is 38.8 Å². The Morgan fingerprint density at radius 1 is 1.12 bits per heavy atom. The Bertz CT molecular complexity index is 248. The van der Waals surface area contributed by atoms with Gasteiger partial charge in [-0.05, 0) is 19.8 Å². The minimum absolute atomic E-state index is 0.253. The smallest absolute Gasteiger partial charge is 0.325 e. The Hall–Kier alpha value is -1.26. The van der Waals surface area contributed by atoms with Crippen molar-refractivity contribution in [3.05, 3.63) is 0 Å². The summed E-state index contributed by atoms with van der Waals surface area (Å²) in [6.45, 7) is 2.95. The van der Waals surface area contributed by atoms with Crippen LogP contribution in [0.1, 0.15) is 39.0 Å². The molecule has 1 heterocycles. The molecule has 16 heavy (non-hydrogen) atoms. The van der Waals surface area contributed by atoms with E-state index in [-0.39, 0.29) is 6.03 Å². The van der Waals surface area contributed by atoms with Gasteiger partial charge >= 0.3 is 12.0 Å². The minimum atomic E-state index is -1.000. The number of aliphatic carboxylic acids is 1. The molecule has 0 aromatic rings. The van der Waals surface area contributed by atoms with Crippen molar-refractivity contribution in [3.63, 3.8) is 0 Å². The largest absolute Gasteiger partial charge is 0.480 e.